The van der Waals surface area contributed by atoms with Crippen molar-refractivity contribution in [2.24, 2.45) is 0 Å². The first kappa shape index (κ1) is 21.2. The largest absolute Gasteiger partial charge is 0.0654 e. The highest BCUT2D eigenvalue weighted by molar-refractivity contribution is 6.35. The van der Waals surface area contributed by atoms with Crippen molar-refractivity contribution < 1.29 is 0 Å². The summed E-state index contributed by atoms with van der Waals surface area (Å²) in [5, 5.41) is 0. The standard InChI is InChI=1S/C20H43Si/c1-3-5-7-9-11-12-13-14-16-18-20-21-19-17-15-10-8-6-4-2/h1,3-21H2,2H3. The summed E-state index contributed by atoms with van der Waals surface area (Å²) in [6.45, 7) is 6.20. The Bertz CT molecular complexity index is 149. The van der Waals surface area contributed by atoms with E-state index < -0.39 is 0 Å². The summed E-state index contributed by atoms with van der Waals surface area (Å²) in [6, 6.07) is 3.25. The Hall–Kier alpha value is 0.217. The maximum atomic E-state index is 3.90. The molecule has 21 heavy (non-hydrogen) atoms. The van der Waals surface area contributed by atoms with E-state index in [1.807, 2.05) is 0 Å². The Morgan fingerprint density at radius 1 is 0.524 bits per heavy atom. The lowest BCUT2D eigenvalue weighted by atomic mass is 10.1. The van der Waals surface area contributed by atoms with Crippen LogP contribution < -0.4 is 0 Å². The molecule has 0 N–H and O–H groups in total. The Labute approximate surface area is 138 Å². The van der Waals surface area contributed by atoms with Gasteiger partial charge in [-0.05, 0) is 0 Å². The van der Waals surface area contributed by atoms with Gasteiger partial charge in [0.25, 0.3) is 0 Å². The van der Waals surface area contributed by atoms with Crippen LogP contribution in [0.3, 0.4) is 0 Å². The number of hydrogen-bond donors (Lipinski definition) is 0. The zero-order valence-corrected chi connectivity index (χ0v) is 16.6. The first-order chi connectivity index (χ1) is 10.4. The zero-order chi connectivity index (χ0) is 15.4. The van der Waals surface area contributed by atoms with Crippen LogP contribution >= 0.6 is 0 Å². The minimum Gasteiger partial charge on any atom is -0.0654 e. The van der Waals surface area contributed by atoms with E-state index in [9.17, 15) is 0 Å². The topological polar surface area (TPSA) is 0 Å². The van der Waals surface area contributed by atoms with Gasteiger partial charge < -0.3 is 0 Å². The lowest BCUT2D eigenvalue weighted by Crippen LogP contribution is -1.90. The van der Waals surface area contributed by atoms with Crippen molar-refractivity contribution in [3.8, 4) is 0 Å². The molecule has 0 aliphatic heterocycles. The van der Waals surface area contributed by atoms with Gasteiger partial charge in [0.15, 0.2) is 0 Å². The Morgan fingerprint density at radius 3 is 1.33 bits per heavy atom. The van der Waals surface area contributed by atoms with Crippen LogP contribution in [0.25, 0.3) is 0 Å². The second-order valence-corrected chi connectivity index (χ2v) is 8.99. The first-order valence-corrected chi connectivity index (χ1v) is 12.2. The van der Waals surface area contributed by atoms with Gasteiger partial charge in [-0.25, -0.2) is 0 Å². The molecular formula is C20H43Si. The quantitative estimate of drug-likeness (QED) is 0.187. The Kier molecular flexibility index (Phi) is 20.4. The van der Waals surface area contributed by atoms with Gasteiger partial charge in [0.2, 0.25) is 0 Å². The molecule has 0 aliphatic rings. The predicted octanol–water partition coefficient (Wildman–Crippen LogP) is 7.09. The molecule has 0 aromatic carbocycles. The van der Waals surface area contributed by atoms with E-state index in [2.05, 4.69) is 13.8 Å². The van der Waals surface area contributed by atoms with Crippen molar-refractivity contribution in [3.05, 3.63) is 6.92 Å². The van der Waals surface area contributed by atoms with E-state index in [-0.39, 0.29) is 0 Å². The van der Waals surface area contributed by atoms with Crippen molar-refractivity contribution in [1.29, 1.82) is 0 Å². The summed E-state index contributed by atoms with van der Waals surface area (Å²) in [5.41, 5.74) is 0. The molecule has 0 amide bonds. The van der Waals surface area contributed by atoms with Crippen LogP contribution in [0.4, 0.5) is 0 Å². The molecule has 1 heteroatoms. The molecular weight excluding hydrogens is 268 g/mol. The fourth-order valence-electron chi connectivity index (χ4n) is 3.08. The first-order valence-electron chi connectivity index (χ1n) is 10.2. The Balaban J connectivity index is 2.90. The van der Waals surface area contributed by atoms with Gasteiger partial charge in [-0.3, -0.25) is 0 Å². The van der Waals surface area contributed by atoms with Crippen LogP contribution in [0.1, 0.15) is 110 Å². The average molecular weight is 312 g/mol. The molecule has 0 rings (SSSR count). The maximum absolute atomic E-state index is 3.90. The van der Waals surface area contributed by atoms with Crippen LogP contribution in [-0.4, -0.2) is 9.52 Å². The third kappa shape index (κ3) is 20.2. The summed E-state index contributed by atoms with van der Waals surface area (Å²) in [6.07, 6.45) is 23.2. The highest BCUT2D eigenvalue weighted by Gasteiger charge is 1.95. The molecule has 0 fully saturated rings. The van der Waals surface area contributed by atoms with Gasteiger partial charge in [0.05, 0.1) is 0 Å². The molecule has 0 saturated heterocycles. The van der Waals surface area contributed by atoms with Gasteiger partial charge in [0.1, 0.15) is 0 Å². The Morgan fingerprint density at radius 2 is 0.905 bits per heavy atom. The minimum absolute atomic E-state index is 0.312. The van der Waals surface area contributed by atoms with Gasteiger partial charge in [0, 0.05) is 9.52 Å². The third-order valence-electron chi connectivity index (χ3n) is 4.60. The second-order valence-electron chi connectivity index (χ2n) is 6.86. The summed E-state index contributed by atoms with van der Waals surface area (Å²) in [4.78, 5) is 0. The van der Waals surface area contributed by atoms with Crippen LogP contribution in [0, 0.1) is 6.92 Å². The lowest BCUT2D eigenvalue weighted by Gasteiger charge is -2.03. The van der Waals surface area contributed by atoms with Crippen LogP contribution in [0.5, 0.6) is 0 Å². The van der Waals surface area contributed by atoms with E-state index in [0.29, 0.717) is 9.52 Å². The molecule has 0 spiro atoms. The molecule has 0 heterocycles. The highest BCUT2D eigenvalue weighted by Crippen LogP contribution is 2.12. The van der Waals surface area contributed by atoms with E-state index >= 15 is 0 Å². The van der Waals surface area contributed by atoms with Gasteiger partial charge in [-0.15, -0.1) is 0 Å². The van der Waals surface area contributed by atoms with Crippen LogP contribution in [0.15, 0.2) is 0 Å². The van der Waals surface area contributed by atoms with E-state index in [1.165, 1.54) is 83.5 Å². The van der Waals surface area contributed by atoms with Crippen molar-refractivity contribution >= 4 is 9.52 Å². The number of hydrogen-bond acceptors (Lipinski definition) is 0. The van der Waals surface area contributed by atoms with E-state index in [0.717, 1.165) is 6.42 Å². The summed E-state index contributed by atoms with van der Waals surface area (Å²) in [5.74, 6) is 0. The van der Waals surface area contributed by atoms with Gasteiger partial charge >= 0.3 is 0 Å². The van der Waals surface area contributed by atoms with Crippen molar-refractivity contribution in [3.63, 3.8) is 0 Å². The third-order valence-corrected chi connectivity index (χ3v) is 6.60. The second kappa shape index (κ2) is 20.2. The molecule has 0 nitrogen and oxygen atoms in total. The fourth-order valence-corrected chi connectivity index (χ4v) is 4.85. The van der Waals surface area contributed by atoms with E-state index in [1.54, 1.807) is 24.9 Å². The number of rotatable bonds is 18. The molecule has 0 saturated carbocycles. The maximum Gasteiger partial charge on any atom is 0.0197 e. The summed E-state index contributed by atoms with van der Waals surface area (Å²) >= 11 is 0. The molecule has 127 valence electrons. The molecule has 0 aromatic heterocycles. The monoisotopic (exact) mass is 311 g/mol. The molecule has 0 unspecified atom stereocenters. The van der Waals surface area contributed by atoms with Gasteiger partial charge in [-0.2, -0.15) is 0 Å². The predicted molar refractivity (Wildman–Crippen MR) is 103 cm³/mol. The van der Waals surface area contributed by atoms with Gasteiger partial charge in [-0.1, -0.05) is 129 Å². The average Bonchev–Trinajstić information content (AvgIpc) is 2.50. The SMILES string of the molecule is [CH2]CCCCCCCCCCC[SiH2]CCCCCCCC. The molecule has 0 aromatic rings. The lowest BCUT2D eigenvalue weighted by molar-refractivity contribution is 0.566. The normalized spacial score (nSPS) is 11.7. The molecule has 0 bridgehead atoms. The molecule has 0 atom stereocenters. The van der Waals surface area contributed by atoms with Crippen molar-refractivity contribution in [2.75, 3.05) is 0 Å². The molecule has 1 radical (unpaired) electrons. The summed E-state index contributed by atoms with van der Waals surface area (Å²) < 4.78 is 0. The summed E-state index contributed by atoms with van der Waals surface area (Å²) in [7, 11) is 0.312. The minimum atomic E-state index is 0.312. The fraction of sp³-hybridized carbons (Fsp3) is 0.950. The van der Waals surface area contributed by atoms with Crippen LogP contribution in [0.2, 0.25) is 12.1 Å². The molecule has 0 aliphatic carbocycles. The van der Waals surface area contributed by atoms with Crippen molar-refractivity contribution in [1.82, 2.24) is 0 Å². The smallest absolute Gasteiger partial charge is 0.0197 e. The van der Waals surface area contributed by atoms with E-state index in [4.69, 9.17) is 0 Å². The van der Waals surface area contributed by atoms with Crippen molar-refractivity contribution in [2.45, 2.75) is 122 Å². The highest BCUT2D eigenvalue weighted by atomic mass is 28.2. The number of unbranched alkanes of at least 4 members (excludes halogenated alkanes) is 14. The zero-order valence-electron chi connectivity index (χ0n) is 15.1. The van der Waals surface area contributed by atoms with Crippen LogP contribution in [-0.2, 0) is 0 Å².